The van der Waals surface area contributed by atoms with Crippen LogP contribution in [-0.4, -0.2) is 23.4 Å². The van der Waals surface area contributed by atoms with Crippen molar-refractivity contribution in [1.29, 1.82) is 0 Å². The molecule has 9 heteroatoms. The van der Waals surface area contributed by atoms with Gasteiger partial charge in [0.1, 0.15) is 5.70 Å². The van der Waals surface area contributed by atoms with Crippen LogP contribution < -0.4 is 10.6 Å². The molecule has 5 nitrogen and oxygen atoms in total. The highest BCUT2D eigenvalue weighted by Gasteiger charge is 2.17. The van der Waals surface area contributed by atoms with Crippen molar-refractivity contribution < 1.29 is 14.4 Å². The first-order chi connectivity index (χ1) is 18.8. The van der Waals surface area contributed by atoms with Crippen LogP contribution in [0.5, 0.6) is 0 Å². The fourth-order valence-electron chi connectivity index (χ4n) is 3.47. The quantitative estimate of drug-likeness (QED) is 0.110. The molecule has 39 heavy (non-hydrogen) atoms. The zero-order valence-electron chi connectivity index (χ0n) is 20.3. The van der Waals surface area contributed by atoms with E-state index < -0.39 is 11.8 Å². The van der Waals surface area contributed by atoms with Crippen molar-refractivity contribution in [3.8, 4) is 0 Å². The number of Topliss-reactive ketones (excluding diaryl/α,β-unsaturated/α-hetero) is 1. The molecule has 0 aliphatic carbocycles. The second kappa shape index (κ2) is 13.6. The molecule has 4 aromatic carbocycles. The van der Waals surface area contributed by atoms with E-state index >= 15 is 0 Å². The second-order valence-electron chi connectivity index (χ2n) is 8.21. The normalized spacial score (nSPS) is 11.1. The molecule has 0 atom stereocenters. The van der Waals surface area contributed by atoms with Gasteiger partial charge in [-0.05, 0) is 60.7 Å². The van der Waals surface area contributed by atoms with Crippen molar-refractivity contribution in [3.63, 3.8) is 0 Å². The molecule has 4 rings (SSSR count). The Bertz CT molecular complexity index is 1520. The van der Waals surface area contributed by atoms with Crippen LogP contribution in [0, 0.1) is 0 Å². The first-order valence-corrected chi connectivity index (χ1v) is 14.2. The molecule has 0 bridgehead atoms. The molecule has 0 aliphatic heterocycles. The Hall–Kier alpha value is -3.36. The van der Waals surface area contributed by atoms with Gasteiger partial charge in [0.2, 0.25) is 0 Å². The molecule has 0 saturated carbocycles. The predicted molar refractivity (Wildman–Crippen MR) is 163 cm³/mol. The second-order valence-corrected chi connectivity index (χ2v) is 11.0. The fraction of sp³-hybridized carbons (Fsp3) is 0.0333. The van der Waals surface area contributed by atoms with Gasteiger partial charge < -0.3 is 10.6 Å². The minimum Gasteiger partial charge on any atom is -0.321 e. The number of carbonyl (C=O) groups excluding carboxylic acids is 3. The fourth-order valence-corrected chi connectivity index (χ4v) is 5.09. The summed E-state index contributed by atoms with van der Waals surface area (Å²) in [6.45, 7) is 0. The van der Waals surface area contributed by atoms with E-state index in [-0.39, 0.29) is 17.2 Å². The molecule has 0 fully saturated rings. The van der Waals surface area contributed by atoms with E-state index in [1.807, 2.05) is 18.2 Å². The number of anilines is 1. The Labute approximate surface area is 248 Å². The molecular formula is C30H21BrCl2N2O3S. The monoisotopic (exact) mass is 638 g/mol. The van der Waals surface area contributed by atoms with E-state index in [9.17, 15) is 14.4 Å². The molecule has 0 spiro atoms. The van der Waals surface area contributed by atoms with E-state index in [0.29, 0.717) is 32.4 Å². The molecule has 2 N–H and O–H groups in total. The highest BCUT2D eigenvalue weighted by Crippen LogP contribution is 2.27. The maximum atomic E-state index is 13.4. The standard InChI is InChI=1S/C30H21BrCl2N2O3S/c31-21-14-12-19(13-15-21)28(36)18-39-23-9-4-8-22(16-23)34-30(38)27(17-24-25(32)10-5-11-26(24)33)35-29(37)20-6-2-1-3-7-20/h1-17H,18H2,(H,34,38)(H,35,37)/b27-17-. The van der Waals surface area contributed by atoms with Gasteiger partial charge in [0.05, 0.1) is 5.75 Å². The number of thioether (sulfide) groups is 1. The third-order valence-corrected chi connectivity index (χ3v) is 7.63. The number of rotatable bonds is 9. The van der Waals surface area contributed by atoms with Crippen LogP contribution in [0.25, 0.3) is 6.08 Å². The number of benzene rings is 4. The van der Waals surface area contributed by atoms with Gasteiger partial charge in [0.25, 0.3) is 11.8 Å². The van der Waals surface area contributed by atoms with Crippen LogP contribution >= 0.6 is 50.9 Å². The summed E-state index contributed by atoms with van der Waals surface area (Å²) in [7, 11) is 0. The third kappa shape index (κ3) is 8.07. The predicted octanol–water partition coefficient (Wildman–Crippen LogP) is 8.14. The highest BCUT2D eigenvalue weighted by atomic mass is 79.9. The SMILES string of the molecule is O=C(Nc1cccc(SCC(=O)c2ccc(Br)cc2)c1)/C(=C/c1c(Cl)cccc1Cl)NC(=O)c1ccccc1. The summed E-state index contributed by atoms with van der Waals surface area (Å²) in [5.74, 6) is -0.797. The van der Waals surface area contributed by atoms with E-state index in [1.165, 1.54) is 17.8 Å². The summed E-state index contributed by atoms with van der Waals surface area (Å²) < 4.78 is 0.903. The van der Waals surface area contributed by atoms with E-state index in [1.54, 1.807) is 78.9 Å². The molecule has 0 unspecified atom stereocenters. The van der Waals surface area contributed by atoms with Gasteiger partial charge in [-0.3, -0.25) is 14.4 Å². The summed E-state index contributed by atoms with van der Waals surface area (Å²) in [5.41, 5.74) is 1.86. The number of hydrogen-bond acceptors (Lipinski definition) is 4. The molecule has 0 saturated heterocycles. The number of hydrogen-bond donors (Lipinski definition) is 2. The van der Waals surface area contributed by atoms with Gasteiger partial charge in [-0.1, -0.05) is 81.6 Å². The largest absolute Gasteiger partial charge is 0.321 e. The van der Waals surface area contributed by atoms with Crippen LogP contribution in [0.3, 0.4) is 0 Å². The summed E-state index contributed by atoms with van der Waals surface area (Å²) in [4.78, 5) is 39.6. The van der Waals surface area contributed by atoms with Crippen molar-refractivity contribution >= 4 is 80.3 Å². The lowest BCUT2D eigenvalue weighted by atomic mass is 10.1. The highest BCUT2D eigenvalue weighted by molar-refractivity contribution is 9.10. The lowest BCUT2D eigenvalue weighted by Gasteiger charge is -2.13. The average molecular weight is 640 g/mol. The van der Waals surface area contributed by atoms with Crippen molar-refractivity contribution in [2.75, 3.05) is 11.1 Å². The van der Waals surface area contributed by atoms with Crippen molar-refractivity contribution in [1.82, 2.24) is 5.32 Å². The van der Waals surface area contributed by atoms with Crippen LogP contribution in [-0.2, 0) is 4.79 Å². The summed E-state index contributed by atoms with van der Waals surface area (Å²) >= 11 is 17.4. The Morgan fingerprint density at radius 2 is 1.46 bits per heavy atom. The Morgan fingerprint density at radius 1 is 0.795 bits per heavy atom. The minimum absolute atomic E-state index is 0.00704. The number of amides is 2. The Kier molecular flexibility index (Phi) is 10.0. The molecule has 2 amide bonds. The van der Waals surface area contributed by atoms with Crippen LogP contribution in [0.4, 0.5) is 5.69 Å². The number of carbonyl (C=O) groups is 3. The number of nitrogens with one attached hydrogen (secondary N) is 2. The van der Waals surface area contributed by atoms with E-state index in [4.69, 9.17) is 23.2 Å². The molecule has 4 aromatic rings. The van der Waals surface area contributed by atoms with Crippen LogP contribution in [0.15, 0.2) is 112 Å². The maximum Gasteiger partial charge on any atom is 0.272 e. The van der Waals surface area contributed by atoms with Gasteiger partial charge in [0, 0.05) is 41.8 Å². The van der Waals surface area contributed by atoms with Crippen molar-refractivity contribution in [2.24, 2.45) is 0 Å². The topological polar surface area (TPSA) is 75.3 Å². The Morgan fingerprint density at radius 3 is 2.15 bits per heavy atom. The van der Waals surface area contributed by atoms with Crippen LogP contribution in [0.2, 0.25) is 10.0 Å². The van der Waals surface area contributed by atoms with Crippen molar-refractivity contribution in [2.45, 2.75) is 4.90 Å². The van der Waals surface area contributed by atoms with Gasteiger partial charge in [-0.2, -0.15) is 0 Å². The number of halogens is 3. The molecule has 0 aliphatic rings. The maximum absolute atomic E-state index is 13.4. The minimum atomic E-state index is -0.566. The van der Waals surface area contributed by atoms with E-state index in [0.717, 1.165) is 9.37 Å². The van der Waals surface area contributed by atoms with Gasteiger partial charge in [0.15, 0.2) is 5.78 Å². The first kappa shape index (κ1) is 28.6. The zero-order chi connectivity index (χ0) is 27.8. The molecule has 0 radical (unpaired) electrons. The van der Waals surface area contributed by atoms with Crippen molar-refractivity contribution in [3.05, 3.63) is 134 Å². The first-order valence-electron chi connectivity index (χ1n) is 11.7. The smallest absolute Gasteiger partial charge is 0.272 e. The molecule has 196 valence electrons. The number of ketones is 1. The van der Waals surface area contributed by atoms with Gasteiger partial charge in [-0.25, -0.2) is 0 Å². The lowest BCUT2D eigenvalue weighted by molar-refractivity contribution is -0.113. The summed E-state index contributed by atoms with van der Waals surface area (Å²) in [6, 6.07) is 27.8. The Balaban J connectivity index is 1.52. The average Bonchev–Trinajstić information content (AvgIpc) is 2.94. The summed E-state index contributed by atoms with van der Waals surface area (Å²) in [5, 5.41) is 6.14. The lowest BCUT2D eigenvalue weighted by Crippen LogP contribution is -2.30. The van der Waals surface area contributed by atoms with Crippen LogP contribution in [0.1, 0.15) is 26.3 Å². The molecular weight excluding hydrogens is 619 g/mol. The third-order valence-electron chi connectivity index (χ3n) is 5.45. The zero-order valence-corrected chi connectivity index (χ0v) is 24.2. The molecule has 0 aromatic heterocycles. The van der Waals surface area contributed by atoms with E-state index in [2.05, 4.69) is 26.6 Å². The molecule has 0 heterocycles. The summed E-state index contributed by atoms with van der Waals surface area (Å²) in [6.07, 6.45) is 1.44. The van der Waals surface area contributed by atoms with Gasteiger partial charge >= 0.3 is 0 Å². The van der Waals surface area contributed by atoms with Gasteiger partial charge in [-0.15, -0.1) is 11.8 Å².